The molecule has 2 N–H and O–H groups in total. The van der Waals surface area contributed by atoms with Crippen LogP contribution in [0.3, 0.4) is 0 Å². The van der Waals surface area contributed by atoms with Gasteiger partial charge in [-0.25, -0.2) is 4.79 Å². The number of benzene rings is 1. The van der Waals surface area contributed by atoms with Gasteiger partial charge >= 0.3 is 6.09 Å². The fourth-order valence-corrected chi connectivity index (χ4v) is 3.01. The Balaban J connectivity index is 1.61. The molecule has 144 valence electrons. The summed E-state index contributed by atoms with van der Waals surface area (Å²) >= 11 is 0. The van der Waals surface area contributed by atoms with E-state index >= 15 is 0 Å². The molecule has 0 saturated carbocycles. The molecule has 0 aliphatic carbocycles. The summed E-state index contributed by atoms with van der Waals surface area (Å²) in [6.45, 7) is 6.90. The highest BCUT2D eigenvalue weighted by molar-refractivity contribution is 5.94. The van der Waals surface area contributed by atoms with E-state index in [2.05, 4.69) is 15.5 Å². The van der Waals surface area contributed by atoms with Crippen LogP contribution in [-0.2, 0) is 24.1 Å². The number of carbonyl (C=O) groups excluding carboxylic acids is 2. The van der Waals surface area contributed by atoms with Crippen LogP contribution in [-0.4, -0.2) is 45.8 Å². The van der Waals surface area contributed by atoms with E-state index in [1.807, 2.05) is 51.1 Å². The van der Waals surface area contributed by atoms with Crippen molar-refractivity contribution in [2.75, 3.05) is 13.1 Å². The van der Waals surface area contributed by atoms with Gasteiger partial charge in [-0.3, -0.25) is 9.89 Å². The molecule has 0 bridgehead atoms. The average molecular weight is 370 g/mol. The smallest absolute Gasteiger partial charge is 0.410 e. The summed E-state index contributed by atoms with van der Waals surface area (Å²) in [5, 5.41) is 10.0. The maximum atomic E-state index is 12.5. The highest BCUT2D eigenvalue weighted by atomic mass is 16.6. The first-order chi connectivity index (χ1) is 12.8. The summed E-state index contributed by atoms with van der Waals surface area (Å²) in [4.78, 5) is 26.5. The van der Waals surface area contributed by atoms with Crippen molar-refractivity contribution in [3.05, 3.63) is 52.8 Å². The first-order valence-corrected chi connectivity index (χ1v) is 9.19. The van der Waals surface area contributed by atoms with Crippen LogP contribution in [0.1, 0.15) is 48.1 Å². The van der Waals surface area contributed by atoms with Gasteiger partial charge in [0, 0.05) is 30.8 Å². The molecule has 1 aliphatic rings. The Kier molecular flexibility index (Phi) is 5.48. The molecule has 2 heterocycles. The zero-order valence-electron chi connectivity index (χ0n) is 16.0. The van der Waals surface area contributed by atoms with Gasteiger partial charge in [-0.05, 0) is 32.8 Å². The van der Waals surface area contributed by atoms with Crippen LogP contribution in [0.5, 0.6) is 0 Å². The van der Waals surface area contributed by atoms with Gasteiger partial charge < -0.3 is 15.0 Å². The monoisotopic (exact) mass is 370 g/mol. The second kappa shape index (κ2) is 7.82. The van der Waals surface area contributed by atoms with Crippen molar-refractivity contribution in [3.8, 4) is 0 Å². The number of amides is 2. The third-order valence-corrected chi connectivity index (χ3v) is 4.34. The molecule has 7 nitrogen and oxygen atoms in total. The number of hydrogen-bond acceptors (Lipinski definition) is 4. The first-order valence-electron chi connectivity index (χ1n) is 9.19. The predicted molar refractivity (Wildman–Crippen MR) is 101 cm³/mol. The molecule has 1 aromatic carbocycles. The Morgan fingerprint density at radius 2 is 2.00 bits per heavy atom. The number of fused-ring (bicyclic) bond motifs is 1. The molecule has 0 spiro atoms. The molecule has 7 heteroatoms. The molecule has 0 radical (unpaired) electrons. The Hall–Kier alpha value is -2.83. The molecule has 0 saturated heterocycles. The quantitative estimate of drug-likeness (QED) is 0.866. The summed E-state index contributed by atoms with van der Waals surface area (Å²) in [5.41, 5.74) is 2.64. The molecule has 2 aromatic rings. The number of nitrogens with zero attached hydrogens (tertiary/aromatic N) is 2. The van der Waals surface area contributed by atoms with Crippen LogP contribution in [0.2, 0.25) is 0 Å². The second-order valence-electron chi connectivity index (χ2n) is 7.67. The van der Waals surface area contributed by atoms with Gasteiger partial charge in [-0.15, -0.1) is 0 Å². The Morgan fingerprint density at radius 1 is 1.26 bits per heavy atom. The molecule has 3 rings (SSSR count). The summed E-state index contributed by atoms with van der Waals surface area (Å²) in [5.74, 6) is -0.227. The summed E-state index contributed by atoms with van der Waals surface area (Å²) in [6.07, 6.45) is 1.01. The highest BCUT2D eigenvalue weighted by Crippen LogP contribution is 2.22. The van der Waals surface area contributed by atoms with E-state index in [4.69, 9.17) is 4.74 Å². The van der Waals surface area contributed by atoms with Crippen LogP contribution < -0.4 is 5.32 Å². The normalized spacial score (nSPS) is 13.8. The summed E-state index contributed by atoms with van der Waals surface area (Å²) < 4.78 is 5.44. The number of aromatic nitrogens is 2. The SMILES string of the molecule is CC(C)(C)OC(=O)N1CCc2[nH]nc(C(=O)NCCc3ccccc3)c2C1. The minimum absolute atomic E-state index is 0.227. The molecule has 0 unspecified atom stereocenters. The van der Waals surface area contributed by atoms with Crippen LogP contribution in [0.4, 0.5) is 4.79 Å². The van der Waals surface area contributed by atoms with Crippen molar-refractivity contribution in [1.82, 2.24) is 20.4 Å². The van der Waals surface area contributed by atoms with E-state index < -0.39 is 5.60 Å². The van der Waals surface area contributed by atoms with E-state index in [1.165, 1.54) is 0 Å². The summed E-state index contributed by atoms with van der Waals surface area (Å²) in [6, 6.07) is 9.98. The van der Waals surface area contributed by atoms with Crippen LogP contribution in [0.25, 0.3) is 0 Å². The zero-order valence-corrected chi connectivity index (χ0v) is 16.0. The highest BCUT2D eigenvalue weighted by Gasteiger charge is 2.30. The van der Waals surface area contributed by atoms with Gasteiger partial charge in [0.25, 0.3) is 5.91 Å². The third-order valence-electron chi connectivity index (χ3n) is 4.34. The van der Waals surface area contributed by atoms with E-state index in [1.54, 1.807) is 4.90 Å². The van der Waals surface area contributed by atoms with E-state index in [9.17, 15) is 9.59 Å². The molecule has 27 heavy (non-hydrogen) atoms. The van der Waals surface area contributed by atoms with Crippen molar-refractivity contribution < 1.29 is 14.3 Å². The number of ether oxygens (including phenoxy) is 1. The Bertz CT molecular complexity index is 808. The average Bonchev–Trinajstić information content (AvgIpc) is 3.04. The maximum Gasteiger partial charge on any atom is 0.410 e. The Morgan fingerprint density at radius 3 is 2.70 bits per heavy atom. The van der Waals surface area contributed by atoms with Crippen molar-refractivity contribution in [3.63, 3.8) is 0 Å². The lowest BCUT2D eigenvalue weighted by Crippen LogP contribution is -2.40. The zero-order chi connectivity index (χ0) is 19.4. The lowest BCUT2D eigenvalue weighted by atomic mass is 10.1. The van der Waals surface area contributed by atoms with Gasteiger partial charge in [0.1, 0.15) is 5.60 Å². The number of hydrogen-bond donors (Lipinski definition) is 2. The lowest BCUT2D eigenvalue weighted by molar-refractivity contribution is 0.0222. The van der Waals surface area contributed by atoms with E-state index in [0.29, 0.717) is 31.7 Å². The van der Waals surface area contributed by atoms with Gasteiger partial charge in [0.2, 0.25) is 0 Å². The number of carbonyl (C=O) groups is 2. The van der Waals surface area contributed by atoms with Crippen LogP contribution >= 0.6 is 0 Å². The fraction of sp³-hybridized carbons (Fsp3) is 0.450. The van der Waals surface area contributed by atoms with E-state index in [0.717, 1.165) is 23.2 Å². The van der Waals surface area contributed by atoms with E-state index in [-0.39, 0.29) is 12.0 Å². The largest absolute Gasteiger partial charge is 0.444 e. The van der Waals surface area contributed by atoms with Crippen LogP contribution in [0, 0.1) is 0 Å². The van der Waals surface area contributed by atoms with Gasteiger partial charge in [0.05, 0.1) is 6.54 Å². The maximum absolute atomic E-state index is 12.5. The number of rotatable bonds is 4. The molecular formula is C20H26N4O3. The number of aromatic amines is 1. The van der Waals surface area contributed by atoms with Crippen molar-refractivity contribution >= 4 is 12.0 Å². The standard InChI is InChI=1S/C20H26N4O3/c1-20(2,3)27-19(26)24-12-10-16-15(13-24)17(23-22-16)18(25)21-11-9-14-7-5-4-6-8-14/h4-8H,9-13H2,1-3H3,(H,21,25)(H,22,23). The van der Waals surface area contributed by atoms with Crippen LogP contribution in [0.15, 0.2) is 30.3 Å². The third kappa shape index (κ3) is 4.87. The second-order valence-corrected chi connectivity index (χ2v) is 7.67. The fourth-order valence-electron chi connectivity index (χ4n) is 3.01. The lowest BCUT2D eigenvalue weighted by Gasteiger charge is -2.30. The van der Waals surface area contributed by atoms with Crippen molar-refractivity contribution in [2.24, 2.45) is 0 Å². The first kappa shape index (κ1) is 18.9. The van der Waals surface area contributed by atoms with Gasteiger partial charge in [-0.1, -0.05) is 30.3 Å². The minimum atomic E-state index is -0.550. The minimum Gasteiger partial charge on any atom is -0.444 e. The molecule has 0 atom stereocenters. The number of H-pyrrole nitrogens is 1. The van der Waals surface area contributed by atoms with Crippen molar-refractivity contribution in [1.29, 1.82) is 0 Å². The number of nitrogens with one attached hydrogen (secondary N) is 2. The molecule has 1 aliphatic heterocycles. The molecule has 1 aromatic heterocycles. The molecular weight excluding hydrogens is 344 g/mol. The van der Waals surface area contributed by atoms with Crippen molar-refractivity contribution in [2.45, 2.75) is 45.8 Å². The Labute approximate surface area is 159 Å². The van der Waals surface area contributed by atoms with Gasteiger partial charge in [0.15, 0.2) is 5.69 Å². The predicted octanol–water partition coefficient (Wildman–Crippen LogP) is 2.68. The molecule has 2 amide bonds. The summed E-state index contributed by atoms with van der Waals surface area (Å²) in [7, 11) is 0. The topological polar surface area (TPSA) is 87.3 Å². The molecule has 0 fully saturated rings. The van der Waals surface area contributed by atoms with Gasteiger partial charge in [-0.2, -0.15) is 5.10 Å².